The molecule has 1 aromatic heterocycles. The zero-order chi connectivity index (χ0) is 22.0. The number of hydrogen-bond donors (Lipinski definition) is 3. The Bertz CT molecular complexity index is 988. The van der Waals surface area contributed by atoms with Gasteiger partial charge in [0.2, 0.25) is 0 Å². The van der Waals surface area contributed by atoms with E-state index in [4.69, 9.17) is 14.4 Å². The van der Waals surface area contributed by atoms with E-state index in [2.05, 4.69) is 15.8 Å². The number of nitrogens with zero attached hydrogens (tertiary/aromatic N) is 2. The van der Waals surface area contributed by atoms with Gasteiger partial charge in [0.25, 0.3) is 0 Å². The molecule has 1 fully saturated rings. The highest BCUT2D eigenvalue weighted by Crippen LogP contribution is 2.32. The molecule has 2 aliphatic heterocycles. The fraction of sp³-hybridized carbons (Fsp3) is 0.350. The molecule has 1 amide bonds. The number of anilines is 2. The van der Waals surface area contributed by atoms with Crippen molar-refractivity contribution in [3.63, 3.8) is 0 Å². The largest absolute Gasteiger partial charge is 0.442 e. The quantitative estimate of drug-likeness (QED) is 0.603. The smallest absolute Gasteiger partial charge is 0.414 e. The van der Waals surface area contributed by atoms with Crippen molar-refractivity contribution in [1.82, 2.24) is 10.5 Å². The van der Waals surface area contributed by atoms with Gasteiger partial charge in [0.1, 0.15) is 30.6 Å². The number of ether oxygens (including phenoxy) is 1. The van der Waals surface area contributed by atoms with Crippen LogP contribution < -0.4 is 15.5 Å². The summed E-state index contributed by atoms with van der Waals surface area (Å²) in [7, 11) is 0. The molecule has 1 unspecified atom stereocenters. The topological polar surface area (TPSA) is 117 Å². The first kappa shape index (κ1) is 20.9. The first-order valence-corrected chi connectivity index (χ1v) is 9.65. The summed E-state index contributed by atoms with van der Waals surface area (Å²) >= 11 is 0. The molecule has 4 rings (SSSR count). The van der Waals surface area contributed by atoms with E-state index >= 15 is 0 Å². The number of ketones is 1. The molecule has 0 aliphatic carbocycles. The van der Waals surface area contributed by atoms with Crippen LogP contribution in [0.4, 0.5) is 25.1 Å². The Balaban J connectivity index is 1.51. The highest BCUT2D eigenvalue weighted by Gasteiger charge is 2.34. The van der Waals surface area contributed by atoms with Gasteiger partial charge in [0.05, 0.1) is 24.8 Å². The van der Waals surface area contributed by atoms with Crippen molar-refractivity contribution in [2.24, 2.45) is 0 Å². The second kappa shape index (κ2) is 8.82. The summed E-state index contributed by atoms with van der Waals surface area (Å²) in [4.78, 5) is 25.1. The van der Waals surface area contributed by atoms with E-state index in [9.17, 15) is 18.4 Å². The van der Waals surface area contributed by atoms with E-state index < -0.39 is 42.3 Å². The highest BCUT2D eigenvalue weighted by atomic mass is 19.1. The van der Waals surface area contributed by atoms with Gasteiger partial charge in [-0.1, -0.05) is 11.2 Å². The number of nitrogens with one attached hydrogen (secondary N) is 2. The summed E-state index contributed by atoms with van der Waals surface area (Å²) in [6.45, 7) is 0.0101. The second-order valence-corrected chi connectivity index (χ2v) is 7.16. The minimum atomic E-state index is -0.852. The molecule has 11 heteroatoms. The Morgan fingerprint density at radius 1 is 1.35 bits per heavy atom. The number of rotatable bonds is 7. The molecule has 2 aliphatic rings. The monoisotopic (exact) mass is 434 g/mol. The molecule has 0 bridgehead atoms. The van der Waals surface area contributed by atoms with Crippen molar-refractivity contribution in [3.05, 3.63) is 47.7 Å². The van der Waals surface area contributed by atoms with Crippen LogP contribution >= 0.6 is 0 Å². The van der Waals surface area contributed by atoms with Crippen LogP contribution in [0.15, 0.2) is 35.1 Å². The number of halogens is 2. The zero-order valence-electron chi connectivity index (χ0n) is 16.3. The number of carbonyl (C=O) groups excluding carboxylic acids is 2. The number of aliphatic hydroxyl groups excluding tert-OH is 1. The Morgan fingerprint density at radius 2 is 2.13 bits per heavy atom. The minimum Gasteiger partial charge on any atom is -0.442 e. The predicted octanol–water partition coefficient (Wildman–Crippen LogP) is 1.70. The van der Waals surface area contributed by atoms with Crippen LogP contribution in [-0.2, 0) is 9.53 Å². The number of aromatic nitrogens is 1. The maximum Gasteiger partial charge on any atom is 0.414 e. The fourth-order valence-corrected chi connectivity index (χ4v) is 3.60. The maximum atomic E-state index is 14.9. The molecule has 0 spiro atoms. The first-order chi connectivity index (χ1) is 15.0. The van der Waals surface area contributed by atoms with Crippen molar-refractivity contribution in [2.45, 2.75) is 18.6 Å². The van der Waals surface area contributed by atoms with Gasteiger partial charge < -0.3 is 25.0 Å². The zero-order valence-corrected chi connectivity index (χ0v) is 16.3. The van der Waals surface area contributed by atoms with Crippen LogP contribution in [-0.4, -0.2) is 60.5 Å². The number of hydrogen-bond acceptors (Lipinski definition) is 8. The van der Waals surface area contributed by atoms with Gasteiger partial charge >= 0.3 is 6.09 Å². The molecule has 3 N–H and O–H groups in total. The summed E-state index contributed by atoms with van der Waals surface area (Å²) in [5, 5.41) is 18.5. The average Bonchev–Trinajstić information content (AvgIpc) is 3.40. The summed E-state index contributed by atoms with van der Waals surface area (Å²) < 4.78 is 39.7. The Labute approximate surface area is 175 Å². The van der Waals surface area contributed by atoms with E-state index in [1.807, 2.05) is 0 Å². The molecule has 1 aromatic carbocycles. The number of amides is 1. The summed E-state index contributed by atoms with van der Waals surface area (Å²) in [5.74, 6) is -1.71. The van der Waals surface area contributed by atoms with Crippen LogP contribution in [0.5, 0.6) is 0 Å². The molecule has 2 atom stereocenters. The number of carbonyl (C=O) groups is 2. The van der Waals surface area contributed by atoms with E-state index in [-0.39, 0.29) is 24.3 Å². The van der Waals surface area contributed by atoms with E-state index in [0.717, 1.165) is 17.0 Å². The Morgan fingerprint density at radius 3 is 2.81 bits per heavy atom. The number of benzene rings is 1. The maximum absolute atomic E-state index is 14.9. The van der Waals surface area contributed by atoms with Gasteiger partial charge in [-0.15, -0.1) is 0 Å². The number of Topliss-reactive ketones (excluding diaryl/α,β-unsaturated/α-hetero) is 1. The van der Waals surface area contributed by atoms with Crippen LogP contribution in [0.25, 0.3) is 5.57 Å². The highest BCUT2D eigenvalue weighted by molar-refractivity contribution is 5.91. The third-order valence-corrected chi connectivity index (χ3v) is 5.11. The van der Waals surface area contributed by atoms with Crippen LogP contribution in [0, 0.1) is 11.6 Å². The fourth-order valence-electron chi connectivity index (χ4n) is 3.60. The summed E-state index contributed by atoms with van der Waals surface area (Å²) in [6.07, 6.45) is 1.85. The summed E-state index contributed by atoms with van der Waals surface area (Å²) in [5.41, 5.74) is 0.105. The SMILES string of the molecule is O=C(CO)C1C=C(c2c(F)cc(N3C[C@H](CNc4ccon4)OC3=O)cc2F)CCN1. The lowest BCUT2D eigenvalue weighted by molar-refractivity contribution is -0.122. The lowest BCUT2D eigenvalue weighted by Gasteiger charge is -2.23. The molecular weight excluding hydrogens is 414 g/mol. The number of cyclic esters (lactones) is 1. The van der Waals surface area contributed by atoms with Gasteiger partial charge in [-0.05, 0) is 24.1 Å². The van der Waals surface area contributed by atoms with E-state index in [1.165, 1.54) is 12.3 Å². The molecular formula is C20H20F2N4O5. The molecule has 1 saturated heterocycles. The number of aliphatic hydroxyl groups is 1. The van der Waals surface area contributed by atoms with Gasteiger partial charge in [-0.3, -0.25) is 9.69 Å². The molecule has 0 radical (unpaired) electrons. The van der Waals surface area contributed by atoms with Gasteiger partial charge in [-0.2, -0.15) is 0 Å². The lowest BCUT2D eigenvalue weighted by atomic mass is 9.94. The molecule has 31 heavy (non-hydrogen) atoms. The van der Waals surface area contributed by atoms with Gasteiger partial charge in [0.15, 0.2) is 11.6 Å². The van der Waals surface area contributed by atoms with Crippen molar-refractivity contribution in [1.29, 1.82) is 0 Å². The summed E-state index contributed by atoms with van der Waals surface area (Å²) in [6, 6.07) is 2.93. The van der Waals surface area contributed by atoms with Crippen molar-refractivity contribution < 1.29 is 32.7 Å². The third-order valence-electron chi connectivity index (χ3n) is 5.11. The lowest BCUT2D eigenvalue weighted by Crippen LogP contribution is -2.40. The predicted molar refractivity (Wildman–Crippen MR) is 105 cm³/mol. The first-order valence-electron chi connectivity index (χ1n) is 9.65. The Hall–Kier alpha value is -3.31. The van der Waals surface area contributed by atoms with Crippen LogP contribution in [0.1, 0.15) is 12.0 Å². The average molecular weight is 434 g/mol. The molecule has 3 heterocycles. The minimum absolute atomic E-state index is 0.0326. The van der Waals surface area contributed by atoms with E-state index in [0.29, 0.717) is 24.4 Å². The van der Waals surface area contributed by atoms with Crippen molar-refractivity contribution in [2.75, 3.05) is 36.5 Å². The molecule has 2 aromatic rings. The Kier molecular flexibility index (Phi) is 5.96. The van der Waals surface area contributed by atoms with Crippen molar-refractivity contribution in [3.8, 4) is 0 Å². The molecule has 9 nitrogen and oxygen atoms in total. The van der Waals surface area contributed by atoms with E-state index in [1.54, 1.807) is 6.07 Å². The molecule has 0 saturated carbocycles. The standard InChI is InChI=1S/C20H20F2N4O5/c21-14-6-12(26-9-13(31-20(26)29)8-24-18-2-4-30-25-18)7-15(22)19(14)11-1-3-23-16(5-11)17(28)10-27/h2,4-7,13,16,23,27H,1,3,8-10H2,(H,24,25)/t13-,16?/m0/s1. The normalized spacial score (nSPS) is 21.1. The molecule has 164 valence electrons. The van der Waals surface area contributed by atoms with Crippen LogP contribution in [0.3, 0.4) is 0 Å². The second-order valence-electron chi connectivity index (χ2n) is 7.16. The van der Waals surface area contributed by atoms with Crippen molar-refractivity contribution >= 4 is 29.0 Å². The van der Waals surface area contributed by atoms with Gasteiger partial charge in [0, 0.05) is 18.2 Å². The third kappa shape index (κ3) is 4.42. The van der Waals surface area contributed by atoms with Crippen LogP contribution in [0.2, 0.25) is 0 Å². The van der Waals surface area contributed by atoms with Gasteiger partial charge in [-0.25, -0.2) is 13.6 Å².